The third-order valence-corrected chi connectivity index (χ3v) is 6.68. The normalized spacial score (nSPS) is 27.9. The van der Waals surface area contributed by atoms with Gasteiger partial charge in [0.15, 0.2) is 0 Å². The largest absolute Gasteiger partial charge is 0.573 e. The molecule has 4 unspecified atom stereocenters. The van der Waals surface area contributed by atoms with E-state index in [1.807, 2.05) is 0 Å². The molecule has 4 rings (SSSR count). The standard InChI is InChI=1S/C24H27F3O/c1-16-2-3-22-15-21(9-8-20(22)14-16)19-6-4-17(5-7-19)18-10-12-23(13-11-18)28-24(25,26)27/h4-7,10-13,16,20-22H,2-3,8-9,14-15H2,1H3. The third kappa shape index (κ3) is 4.53. The second kappa shape index (κ2) is 7.81. The van der Waals surface area contributed by atoms with Gasteiger partial charge in [0.05, 0.1) is 0 Å². The number of halogens is 3. The van der Waals surface area contributed by atoms with Gasteiger partial charge in [0, 0.05) is 0 Å². The second-order valence-electron chi connectivity index (χ2n) is 8.64. The predicted molar refractivity (Wildman–Crippen MR) is 105 cm³/mol. The Morgan fingerprint density at radius 3 is 1.96 bits per heavy atom. The van der Waals surface area contributed by atoms with Crippen LogP contribution in [0.15, 0.2) is 48.5 Å². The lowest BCUT2D eigenvalue weighted by Crippen LogP contribution is -2.29. The van der Waals surface area contributed by atoms with Crippen LogP contribution in [0, 0.1) is 17.8 Å². The Morgan fingerprint density at radius 2 is 1.32 bits per heavy atom. The Hall–Kier alpha value is -1.97. The molecule has 2 aliphatic rings. The van der Waals surface area contributed by atoms with Gasteiger partial charge >= 0.3 is 6.36 Å². The van der Waals surface area contributed by atoms with E-state index in [4.69, 9.17) is 0 Å². The van der Waals surface area contributed by atoms with Crippen LogP contribution in [0.5, 0.6) is 5.75 Å². The van der Waals surface area contributed by atoms with Crippen molar-refractivity contribution in [2.75, 3.05) is 0 Å². The van der Waals surface area contributed by atoms with Gasteiger partial charge in [0.1, 0.15) is 5.75 Å². The molecular formula is C24H27F3O. The van der Waals surface area contributed by atoms with Crippen LogP contribution in [-0.2, 0) is 0 Å². The summed E-state index contributed by atoms with van der Waals surface area (Å²) in [6, 6.07) is 14.6. The Morgan fingerprint density at radius 1 is 0.750 bits per heavy atom. The van der Waals surface area contributed by atoms with E-state index < -0.39 is 6.36 Å². The molecule has 2 aromatic rings. The minimum absolute atomic E-state index is 0.188. The van der Waals surface area contributed by atoms with Gasteiger partial charge in [0.2, 0.25) is 0 Å². The lowest BCUT2D eigenvalue weighted by molar-refractivity contribution is -0.274. The highest BCUT2D eigenvalue weighted by atomic mass is 19.4. The number of rotatable bonds is 3. The smallest absolute Gasteiger partial charge is 0.406 e. The van der Waals surface area contributed by atoms with Crippen molar-refractivity contribution in [2.45, 2.75) is 57.7 Å². The molecule has 0 bridgehead atoms. The Balaban J connectivity index is 1.41. The summed E-state index contributed by atoms with van der Waals surface area (Å²) in [4.78, 5) is 0. The zero-order valence-corrected chi connectivity index (χ0v) is 16.2. The summed E-state index contributed by atoms with van der Waals surface area (Å²) in [6.45, 7) is 2.39. The minimum atomic E-state index is -4.65. The lowest BCUT2D eigenvalue weighted by atomic mass is 9.64. The van der Waals surface area contributed by atoms with Crippen molar-refractivity contribution in [3.8, 4) is 16.9 Å². The molecule has 0 saturated heterocycles. The number of benzene rings is 2. The first-order valence-electron chi connectivity index (χ1n) is 10.3. The molecule has 0 aliphatic heterocycles. The molecule has 0 radical (unpaired) electrons. The van der Waals surface area contributed by atoms with Crippen LogP contribution in [0.4, 0.5) is 13.2 Å². The second-order valence-corrected chi connectivity index (χ2v) is 8.64. The topological polar surface area (TPSA) is 9.23 Å². The van der Waals surface area contributed by atoms with Crippen LogP contribution in [0.25, 0.3) is 11.1 Å². The average Bonchev–Trinajstić information content (AvgIpc) is 2.67. The fourth-order valence-electron chi connectivity index (χ4n) is 5.22. The maximum atomic E-state index is 12.3. The number of alkyl halides is 3. The maximum Gasteiger partial charge on any atom is 0.573 e. The van der Waals surface area contributed by atoms with Crippen molar-refractivity contribution in [2.24, 2.45) is 17.8 Å². The Bertz CT molecular complexity index is 779. The van der Waals surface area contributed by atoms with Gasteiger partial charge in [-0.05, 0) is 84.6 Å². The van der Waals surface area contributed by atoms with Crippen molar-refractivity contribution in [3.63, 3.8) is 0 Å². The van der Waals surface area contributed by atoms with E-state index in [1.54, 1.807) is 12.1 Å². The molecule has 2 fully saturated rings. The third-order valence-electron chi connectivity index (χ3n) is 6.68. The zero-order chi connectivity index (χ0) is 19.7. The van der Waals surface area contributed by atoms with Crippen molar-refractivity contribution < 1.29 is 17.9 Å². The van der Waals surface area contributed by atoms with Gasteiger partial charge < -0.3 is 4.74 Å². The molecule has 2 saturated carbocycles. The van der Waals surface area contributed by atoms with E-state index in [2.05, 4.69) is 35.9 Å². The summed E-state index contributed by atoms with van der Waals surface area (Å²) in [5.74, 6) is 3.16. The van der Waals surface area contributed by atoms with Crippen molar-refractivity contribution in [1.82, 2.24) is 0 Å². The van der Waals surface area contributed by atoms with Gasteiger partial charge in [-0.15, -0.1) is 13.2 Å². The monoisotopic (exact) mass is 388 g/mol. The number of ether oxygens (including phenoxy) is 1. The van der Waals surface area contributed by atoms with Gasteiger partial charge in [-0.1, -0.05) is 49.7 Å². The minimum Gasteiger partial charge on any atom is -0.406 e. The zero-order valence-electron chi connectivity index (χ0n) is 16.2. The van der Waals surface area contributed by atoms with Crippen molar-refractivity contribution in [1.29, 1.82) is 0 Å². The first-order valence-corrected chi connectivity index (χ1v) is 10.3. The molecule has 150 valence electrons. The van der Waals surface area contributed by atoms with Gasteiger partial charge in [-0.3, -0.25) is 0 Å². The molecule has 0 N–H and O–H groups in total. The number of hydrogen-bond donors (Lipinski definition) is 0. The van der Waals surface area contributed by atoms with Gasteiger partial charge in [-0.2, -0.15) is 0 Å². The number of fused-ring (bicyclic) bond motifs is 1. The van der Waals surface area contributed by atoms with Crippen molar-refractivity contribution >= 4 is 0 Å². The van der Waals surface area contributed by atoms with E-state index in [-0.39, 0.29) is 5.75 Å². The number of hydrogen-bond acceptors (Lipinski definition) is 1. The van der Waals surface area contributed by atoms with Crippen LogP contribution in [0.2, 0.25) is 0 Å². The van der Waals surface area contributed by atoms with Crippen LogP contribution < -0.4 is 4.74 Å². The van der Waals surface area contributed by atoms with Gasteiger partial charge in [0.25, 0.3) is 0 Å². The highest BCUT2D eigenvalue weighted by Crippen LogP contribution is 2.47. The molecule has 0 heterocycles. The molecule has 4 heteroatoms. The Labute approximate surface area is 164 Å². The maximum absolute atomic E-state index is 12.3. The van der Waals surface area contributed by atoms with E-state index in [9.17, 15) is 13.2 Å². The molecule has 0 spiro atoms. The summed E-state index contributed by atoms with van der Waals surface area (Å²) in [5.41, 5.74) is 3.31. The van der Waals surface area contributed by atoms with E-state index in [0.717, 1.165) is 28.9 Å². The quantitative estimate of drug-likeness (QED) is 0.527. The summed E-state index contributed by atoms with van der Waals surface area (Å²) in [7, 11) is 0. The molecule has 1 nitrogen and oxygen atoms in total. The molecule has 4 atom stereocenters. The molecule has 2 aromatic carbocycles. The Kier molecular flexibility index (Phi) is 5.39. The fourth-order valence-corrected chi connectivity index (χ4v) is 5.22. The first kappa shape index (κ1) is 19.4. The molecular weight excluding hydrogens is 361 g/mol. The highest BCUT2D eigenvalue weighted by Gasteiger charge is 2.34. The highest BCUT2D eigenvalue weighted by molar-refractivity contribution is 5.64. The average molecular weight is 388 g/mol. The molecule has 28 heavy (non-hydrogen) atoms. The van der Waals surface area contributed by atoms with E-state index >= 15 is 0 Å². The lowest BCUT2D eigenvalue weighted by Gasteiger charge is -2.41. The SMILES string of the molecule is CC1CCC2CC(c3ccc(-c4ccc(OC(F)(F)F)cc4)cc3)CCC2C1. The summed E-state index contributed by atoms with van der Waals surface area (Å²) >= 11 is 0. The molecule has 0 amide bonds. The van der Waals surface area contributed by atoms with Crippen LogP contribution in [0.1, 0.15) is 56.9 Å². The summed E-state index contributed by atoms with van der Waals surface area (Å²) in [5, 5.41) is 0. The van der Waals surface area contributed by atoms with Crippen molar-refractivity contribution in [3.05, 3.63) is 54.1 Å². The van der Waals surface area contributed by atoms with Crippen LogP contribution in [-0.4, -0.2) is 6.36 Å². The van der Waals surface area contributed by atoms with Crippen LogP contribution in [0.3, 0.4) is 0 Å². The summed E-state index contributed by atoms with van der Waals surface area (Å²) in [6.07, 6.45) is 3.44. The molecule has 0 aromatic heterocycles. The summed E-state index contributed by atoms with van der Waals surface area (Å²) < 4.78 is 40.8. The first-order chi connectivity index (χ1) is 13.4. The predicted octanol–water partition coefficient (Wildman–Crippen LogP) is 7.57. The van der Waals surface area contributed by atoms with E-state index in [0.29, 0.717) is 5.92 Å². The van der Waals surface area contributed by atoms with E-state index in [1.165, 1.54) is 56.2 Å². The van der Waals surface area contributed by atoms with Gasteiger partial charge in [-0.25, -0.2) is 0 Å². The molecule has 2 aliphatic carbocycles. The fraction of sp³-hybridized carbons (Fsp3) is 0.500. The van der Waals surface area contributed by atoms with Crippen LogP contribution >= 0.6 is 0 Å².